The second kappa shape index (κ2) is 5.55. The molecule has 5 aromatic rings. The Morgan fingerprint density at radius 2 is 2.04 bits per heavy atom. The minimum absolute atomic E-state index is 0.250. The van der Waals surface area contributed by atoms with Crippen molar-refractivity contribution in [2.75, 3.05) is 0 Å². The topological polar surface area (TPSA) is 96.3 Å². The second-order valence-electron chi connectivity index (χ2n) is 6.16. The van der Waals surface area contributed by atoms with Crippen molar-refractivity contribution in [1.82, 2.24) is 19.5 Å². The van der Waals surface area contributed by atoms with Crippen LogP contribution in [0.1, 0.15) is 11.5 Å². The largest absolute Gasteiger partial charge is 0.618 e. The van der Waals surface area contributed by atoms with Crippen molar-refractivity contribution in [3.05, 3.63) is 58.3 Å². The van der Waals surface area contributed by atoms with Gasteiger partial charge < -0.3 is 14.1 Å². The first-order chi connectivity index (χ1) is 13.0. The van der Waals surface area contributed by atoms with E-state index in [9.17, 15) is 5.21 Å². The normalized spacial score (nSPS) is 11.7. The fraction of sp³-hybridized carbons (Fsp3) is 0.111. The summed E-state index contributed by atoms with van der Waals surface area (Å²) in [6.45, 7) is 3.54. The predicted octanol–water partition coefficient (Wildman–Crippen LogP) is 3.70. The van der Waals surface area contributed by atoms with Crippen LogP contribution in [0.3, 0.4) is 0 Å². The van der Waals surface area contributed by atoms with Crippen molar-refractivity contribution in [2.24, 2.45) is 0 Å². The van der Waals surface area contributed by atoms with E-state index in [1.165, 1.54) is 0 Å². The summed E-state index contributed by atoms with van der Waals surface area (Å²) in [7, 11) is 0. The van der Waals surface area contributed by atoms with E-state index in [1.807, 2.05) is 17.4 Å². The Balaban J connectivity index is 1.74. The molecule has 0 N–H and O–H groups in total. The summed E-state index contributed by atoms with van der Waals surface area (Å²) in [6, 6.07) is 8.70. The van der Waals surface area contributed by atoms with Crippen LogP contribution in [0.25, 0.3) is 39.7 Å². The zero-order valence-electron chi connectivity index (χ0n) is 14.3. The molecule has 1 aromatic carbocycles. The number of rotatable bonds is 2. The molecule has 0 aliphatic rings. The van der Waals surface area contributed by atoms with Gasteiger partial charge in [-0.25, -0.2) is 4.98 Å². The van der Waals surface area contributed by atoms with Crippen LogP contribution in [-0.4, -0.2) is 19.5 Å². The number of furan rings is 1. The number of imidazole rings is 1. The minimum Gasteiger partial charge on any atom is -0.618 e. The first-order valence-corrected chi connectivity index (χ1v) is 8.50. The average Bonchev–Trinajstić information content (AvgIpc) is 3.37. The molecule has 0 fully saturated rings. The van der Waals surface area contributed by atoms with Crippen LogP contribution in [0.4, 0.5) is 0 Å². The number of halogens is 1. The molecular weight excluding hydrogens is 370 g/mol. The third kappa shape index (κ3) is 2.30. The smallest absolute Gasteiger partial charge is 0.293 e. The van der Waals surface area contributed by atoms with Crippen LogP contribution in [0.2, 0.25) is 5.02 Å². The monoisotopic (exact) mass is 381 g/mol. The Kier molecular flexibility index (Phi) is 3.26. The van der Waals surface area contributed by atoms with Crippen molar-refractivity contribution < 1.29 is 13.7 Å². The molecule has 5 rings (SSSR count). The van der Waals surface area contributed by atoms with Crippen molar-refractivity contribution in [3.8, 4) is 23.2 Å². The number of aryl methyl sites for hydroxylation is 2. The molecule has 0 radical (unpaired) electrons. The quantitative estimate of drug-likeness (QED) is 0.341. The molecule has 4 heterocycles. The van der Waals surface area contributed by atoms with Crippen molar-refractivity contribution in [2.45, 2.75) is 13.8 Å². The molecule has 0 atom stereocenters. The highest BCUT2D eigenvalue weighted by atomic mass is 35.5. The molecule has 0 saturated heterocycles. The first kappa shape index (κ1) is 15.8. The molecule has 0 spiro atoms. The number of hydrogen-bond acceptors (Lipinski definition) is 6. The maximum atomic E-state index is 12.7. The number of hydrogen-bond donors (Lipinski definition) is 0. The molecule has 9 heteroatoms. The number of fused-ring (bicyclic) bond motifs is 3. The van der Waals surface area contributed by atoms with E-state index in [-0.39, 0.29) is 11.7 Å². The van der Waals surface area contributed by atoms with Crippen LogP contribution in [0.15, 0.2) is 45.6 Å². The van der Waals surface area contributed by atoms with E-state index in [1.54, 1.807) is 37.5 Å². The highest BCUT2D eigenvalue weighted by Gasteiger charge is 2.24. The highest BCUT2D eigenvalue weighted by molar-refractivity contribution is 6.31. The highest BCUT2D eigenvalue weighted by Crippen LogP contribution is 2.28. The summed E-state index contributed by atoms with van der Waals surface area (Å²) in [5.74, 6) is 1.74. The Bertz CT molecular complexity index is 1330. The van der Waals surface area contributed by atoms with Crippen LogP contribution in [-0.2, 0) is 0 Å². The van der Waals surface area contributed by atoms with Gasteiger partial charge in [0, 0.05) is 18.0 Å². The lowest BCUT2D eigenvalue weighted by Gasteiger charge is -2.08. The summed E-state index contributed by atoms with van der Waals surface area (Å²) in [5, 5.41) is 17.2. The number of benzene rings is 1. The molecule has 4 aromatic heterocycles. The van der Waals surface area contributed by atoms with E-state index < -0.39 is 0 Å². The van der Waals surface area contributed by atoms with Gasteiger partial charge in [-0.3, -0.25) is 4.40 Å². The molecular formula is C18H12ClN5O3. The number of nitrogens with zero attached hydrogens (tertiary/aromatic N) is 5. The number of aromatic nitrogens is 5. The molecule has 0 unspecified atom stereocenters. The minimum atomic E-state index is 0.250. The first-order valence-electron chi connectivity index (χ1n) is 8.12. The van der Waals surface area contributed by atoms with Crippen LogP contribution in [0.5, 0.6) is 0 Å². The lowest BCUT2D eigenvalue weighted by Crippen LogP contribution is -2.32. The standard InChI is InChI=1S/C18H12ClN5O3/c1-9-3-6-14(26-9)18-21-17(22-27-18)15-16-10(2)24(25)13-7-11(19)4-5-12(13)23(16)8-20-15/h3-8H,1-2H3. The van der Waals surface area contributed by atoms with Gasteiger partial charge in [0.05, 0.1) is 0 Å². The van der Waals surface area contributed by atoms with E-state index in [4.69, 9.17) is 20.5 Å². The fourth-order valence-corrected chi connectivity index (χ4v) is 3.32. The van der Waals surface area contributed by atoms with Crippen molar-refractivity contribution in [1.29, 1.82) is 0 Å². The van der Waals surface area contributed by atoms with Gasteiger partial charge in [0.2, 0.25) is 17.0 Å². The van der Waals surface area contributed by atoms with Crippen molar-refractivity contribution >= 4 is 28.2 Å². The van der Waals surface area contributed by atoms with Gasteiger partial charge in [0.25, 0.3) is 5.89 Å². The Morgan fingerprint density at radius 1 is 1.19 bits per heavy atom. The molecule has 0 amide bonds. The van der Waals surface area contributed by atoms with Gasteiger partial charge in [-0.1, -0.05) is 16.8 Å². The maximum Gasteiger partial charge on any atom is 0.293 e. The van der Waals surface area contributed by atoms with E-state index >= 15 is 0 Å². The molecule has 0 aliphatic carbocycles. The fourth-order valence-electron chi connectivity index (χ4n) is 3.15. The van der Waals surface area contributed by atoms with Gasteiger partial charge in [-0.15, -0.1) is 0 Å². The SMILES string of the molecule is Cc1ccc(-c2nc(-c3ncn4c3c(C)[n+]([O-])c3cc(Cl)ccc34)no2)o1. The van der Waals surface area contributed by atoms with E-state index in [2.05, 4.69) is 15.1 Å². The van der Waals surface area contributed by atoms with Crippen LogP contribution < -0.4 is 4.73 Å². The third-order valence-corrected chi connectivity index (χ3v) is 4.65. The second-order valence-corrected chi connectivity index (χ2v) is 6.59. The molecule has 8 nitrogen and oxygen atoms in total. The van der Waals surface area contributed by atoms with Gasteiger partial charge >= 0.3 is 0 Å². The lowest BCUT2D eigenvalue weighted by molar-refractivity contribution is -0.583. The summed E-state index contributed by atoms with van der Waals surface area (Å²) >= 11 is 6.04. The molecule has 0 aliphatic heterocycles. The summed E-state index contributed by atoms with van der Waals surface area (Å²) in [6.07, 6.45) is 1.63. The predicted molar refractivity (Wildman–Crippen MR) is 97.1 cm³/mol. The van der Waals surface area contributed by atoms with Crippen LogP contribution >= 0.6 is 11.6 Å². The summed E-state index contributed by atoms with van der Waals surface area (Å²) in [4.78, 5) is 8.79. The third-order valence-electron chi connectivity index (χ3n) is 4.42. The lowest BCUT2D eigenvalue weighted by atomic mass is 10.2. The molecule has 0 bridgehead atoms. The summed E-state index contributed by atoms with van der Waals surface area (Å²) < 4.78 is 13.5. The maximum absolute atomic E-state index is 12.7. The summed E-state index contributed by atoms with van der Waals surface area (Å²) in [5.41, 5.74) is 2.64. The van der Waals surface area contributed by atoms with Gasteiger partial charge in [-0.05, 0) is 31.2 Å². The van der Waals surface area contributed by atoms with E-state index in [0.29, 0.717) is 38.7 Å². The Hall–Kier alpha value is -3.39. The van der Waals surface area contributed by atoms with Crippen molar-refractivity contribution in [3.63, 3.8) is 0 Å². The Labute approximate surface area is 157 Å². The molecule has 134 valence electrons. The van der Waals surface area contributed by atoms with Crippen LogP contribution in [0, 0.1) is 19.1 Å². The van der Waals surface area contributed by atoms with E-state index in [0.717, 1.165) is 10.5 Å². The van der Waals surface area contributed by atoms with Gasteiger partial charge in [-0.2, -0.15) is 9.71 Å². The Morgan fingerprint density at radius 3 is 2.81 bits per heavy atom. The molecule has 0 saturated carbocycles. The zero-order chi connectivity index (χ0) is 18.7. The van der Waals surface area contributed by atoms with Gasteiger partial charge in [0.15, 0.2) is 5.76 Å². The van der Waals surface area contributed by atoms with Gasteiger partial charge in [0.1, 0.15) is 28.8 Å². The molecule has 27 heavy (non-hydrogen) atoms. The average molecular weight is 382 g/mol. The zero-order valence-corrected chi connectivity index (χ0v) is 15.1.